The van der Waals surface area contributed by atoms with E-state index in [4.69, 9.17) is 0 Å². The number of nitrogens with one attached hydrogen (secondary N) is 1. The van der Waals surface area contributed by atoms with Crippen molar-refractivity contribution in [2.75, 3.05) is 5.43 Å². The lowest BCUT2D eigenvalue weighted by atomic mass is 10.1. The van der Waals surface area contributed by atoms with Crippen LogP contribution in [0.2, 0.25) is 0 Å². The molecule has 4 heteroatoms. The van der Waals surface area contributed by atoms with E-state index in [0.717, 1.165) is 22.8 Å². The van der Waals surface area contributed by atoms with Crippen LogP contribution in [0.5, 0.6) is 0 Å². The number of benzene rings is 1. The molecule has 0 radical (unpaired) electrons. The average molecular weight is 245 g/mol. The average Bonchev–Trinajstić information content (AvgIpc) is 2.76. The topological polar surface area (TPSA) is 37.3 Å². The Balaban J connectivity index is 1.95. The molecule has 1 aromatic heterocycles. The lowest BCUT2D eigenvalue weighted by molar-refractivity contribution is 1.14. The van der Waals surface area contributed by atoms with Gasteiger partial charge in [-0.15, -0.1) is 11.3 Å². The van der Waals surface area contributed by atoms with Crippen LogP contribution in [-0.2, 0) is 6.42 Å². The standard InChI is InChI=1S/C13H15N3S/c1-3-11-4-6-12(7-5-11)8-14-16-13-15-10(2)9-17-13/h4-9H,3H2,1-2H3,(H,15,16). The Morgan fingerprint density at radius 1 is 1.35 bits per heavy atom. The Hall–Kier alpha value is -1.68. The number of anilines is 1. The summed E-state index contributed by atoms with van der Waals surface area (Å²) >= 11 is 1.55. The van der Waals surface area contributed by atoms with E-state index in [0.29, 0.717) is 0 Å². The van der Waals surface area contributed by atoms with Crippen molar-refractivity contribution in [2.24, 2.45) is 5.10 Å². The van der Waals surface area contributed by atoms with E-state index >= 15 is 0 Å². The number of thiazole rings is 1. The number of aromatic nitrogens is 1. The molecule has 2 aromatic rings. The predicted molar refractivity (Wildman–Crippen MR) is 73.9 cm³/mol. The molecule has 0 aliphatic rings. The van der Waals surface area contributed by atoms with E-state index in [1.165, 1.54) is 5.56 Å². The number of hydrazone groups is 1. The first-order valence-corrected chi connectivity index (χ1v) is 6.46. The first-order valence-electron chi connectivity index (χ1n) is 5.58. The van der Waals surface area contributed by atoms with Crippen molar-refractivity contribution in [3.8, 4) is 0 Å². The Morgan fingerprint density at radius 2 is 2.12 bits per heavy atom. The zero-order valence-electron chi connectivity index (χ0n) is 9.97. The molecule has 0 aliphatic carbocycles. The van der Waals surface area contributed by atoms with Gasteiger partial charge in [0.25, 0.3) is 0 Å². The van der Waals surface area contributed by atoms with Crippen LogP contribution in [0.15, 0.2) is 34.7 Å². The molecule has 0 aliphatic heterocycles. The summed E-state index contributed by atoms with van der Waals surface area (Å²) in [5, 5.41) is 6.97. The van der Waals surface area contributed by atoms with Crippen LogP contribution in [0.4, 0.5) is 5.13 Å². The van der Waals surface area contributed by atoms with Crippen LogP contribution >= 0.6 is 11.3 Å². The number of rotatable bonds is 4. The Morgan fingerprint density at radius 3 is 2.71 bits per heavy atom. The second kappa shape index (κ2) is 5.59. The second-order valence-corrected chi connectivity index (χ2v) is 4.62. The van der Waals surface area contributed by atoms with Gasteiger partial charge in [0, 0.05) is 5.38 Å². The summed E-state index contributed by atoms with van der Waals surface area (Å²) < 4.78 is 0. The van der Waals surface area contributed by atoms with Crippen molar-refractivity contribution in [1.29, 1.82) is 0 Å². The molecule has 0 saturated heterocycles. The lowest BCUT2D eigenvalue weighted by Crippen LogP contribution is -1.90. The van der Waals surface area contributed by atoms with Gasteiger partial charge in [-0.3, -0.25) is 5.43 Å². The highest BCUT2D eigenvalue weighted by atomic mass is 32.1. The van der Waals surface area contributed by atoms with E-state index in [2.05, 4.69) is 46.7 Å². The highest BCUT2D eigenvalue weighted by molar-refractivity contribution is 7.13. The molecule has 1 heterocycles. The van der Waals surface area contributed by atoms with Gasteiger partial charge in [-0.2, -0.15) is 5.10 Å². The number of aryl methyl sites for hydroxylation is 2. The van der Waals surface area contributed by atoms with E-state index in [1.807, 2.05) is 12.3 Å². The molecule has 0 fully saturated rings. The smallest absolute Gasteiger partial charge is 0.203 e. The summed E-state index contributed by atoms with van der Waals surface area (Å²) in [5.74, 6) is 0. The van der Waals surface area contributed by atoms with E-state index in [1.54, 1.807) is 17.6 Å². The largest absolute Gasteiger partial charge is 0.253 e. The maximum absolute atomic E-state index is 4.26. The molecule has 3 nitrogen and oxygen atoms in total. The number of nitrogens with zero attached hydrogens (tertiary/aromatic N) is 2. The summed E-state index contributed by atoms with van der Waals surface area (Å²) in [4.78, 5) is 4.26. The van der Waals surface area contributed by atoms with Gasteiger partial charge in [0.05, 0.1) is 11.9 Å². The molecule has 0 amide bonds. The van der Waals surface area contributed by atoms with Gasteiger partial charge in [-0.1, -0.05) is 31.2 Å². The quantitative estimate of drug-likeness (QED) is 0.661. The minimum atomic E-state index is 0.823. The zero-order valence-corrected chi connectivity index (χ0v) is 10.8. The fraction of sp³-hybridized carbons (Fsp3) is 0.231. The van der Waals surface area contributed by atoms with Crippen molar-refractivity contribution in [2.45, 2.75) is 20.3 Å². The monoisotopic (exact) mass is 245 g/mol. The van der Waals surface area contributed by atoms with E-state index in [9.17, 15) is 0 Å². The number of hydrogen-bond donors (Lipinski definition) is 1. The molecule has 2 rings (SSSR count). The fourth-order valence-corrected chi connectivity index (χ4v) is 2.04. The predicted octanol–water partition coefficient (Wildman–Crippen LogP) is 3.46. The van der Waals surface area contributed by atoms with E-state index < -0.39 is 0 Å². The van der Waals surface area contributed by atoms with Crippen LogP contribution in [-0.4, -0.2) is 11.2 Å². The van der Waals surface area contributed by atoms with Crippen LogP contribution in [0, 0.1) is 6.92 Å². The van der Waals surface area contributed by atoms with Crippen molar-refractivity contribution >= 4 is 22.7 Å². The van der Waals surface area contributed by atoms with Crippen molar-refractivity contribution < 1.29 is 0 Å². The van der Waals surface area contributed by atoms with Gasteiger partial charge in [-0.25, -0.2) is 4.98 Å². The first kappa shape index (κ1) is 11.8. The van der Waals surface area contributed by atoms with E-state index in [-0.39, 0.29) is 0 Å². The van der Waals surface area contributed by atoms with Gasteiger partial charge < -0.3 is 0 Å². The Kier molecular flexibility index (Phi) is 3.88. The fourth-order valence-electron chi connectivity index (χ4n) is 1.41. The van der Waals surface area contributed by atoms with Gasteiger partial charge >= 0.3 is 0 Å². The third-order valence-corrected chi connectivity index (χ3v) is 3.25. The molecular weight excluding hydrogens is 230 g/mol. The molecular formula is C13H15N3S. The minimum absolute atomic E-state index is 0.823. The second-order valence-electron chi connectivity index (χ2n) is 3.76. The normalized spacial score (nSPS) is 10.9. The molecule has 1 N–H and O–H groups in total. The molecule has 17 heavy (non-hydrogen) atoms. The number of hydrogen-bond acceptors (Lipinski definition) is 4. The molecule has 88 valence electrons. The Bertz CT molecular complexity index is 500. The van der Waals surface area contributed by atoms with Crippen molar-refractivity contribution in [1.82, 2.24) is 4.98 Å². The van der Waals surface area contributed by atoms with Crippen LogP contribution in [0.3, 0.4) is 0 Å². The van der Waals surface area contributed by atoms with Gasteiger partial charge in [0.15, 0.2) is 0 Å². The highest BCUT2D eigenvalue weighted by Gasteiger charge is 1.94. The molecule has 1 aromatic carbocycles. The third kappa shape index (κ3) is 3.39. The molecule has 0 bridgehead atoms. The van der Waals surface area contributed by atoms with Gasteiger partial charge in [0.2, 0.25) is 5.13 Å². The van der Waals surface area contributed by atoms with Crippen molar-refractivity contribution in [3.63, 3.8) is 0 Å². The molecule has 0 atom stereocenters. The first-order chi connectivity index (χ1) is 8.28. The third-order valence-electron chi connectivity index (χ3n) is 2.38. The maximum Gasteiger partial charge on any atom is 0.203 e. The summed E-state index contributed by atoms with van der Waals surface area (Å²) in [6.45, 7) is 4.12. The summed E-state index contributed by atoms with van der Waals surface area (Å²) in [6.07, 6.45) is 2.87. The van der Waals surface area contributed by atoms with Crippen molar-refractivity contribution in [3.05, 3.63) is 46.5 Å². The highest BCUT2D eigenvalue weighted by Crippen LogP contribution is 2.13. The van der Waals surface area contributed by atoms with Crippen LogP contribution < -0.4 is 5.43 Å². The zero-order chi connectivity index (χ0) is 12.1. The molecule has 0 unspecified atom stereocenters. The van der Waals surface area contributed by atoms with Gasteiger partial charge in [-0.05, 0) is 24.5 Å². The lowest BCUT2D eigenvalue weighted by Gasteiger charge is -1.97. The van der Waals surface area contributed by atoms with Crippen LogP contribution in [0.25, 0.3) is 0 Å². The molecule has 0 spiro atoms. The summed E-state index contributed by atoms with van der Waals surface area (Å²) in [7, 11) is 0. The van der Waals surface area contributed by atoms with Gasteiger partial charge in [0.1, 0.15) is 0 Å². The van der Waals surface area contributed by atoms with Crippen LogP contribution in [0.1, 0.15) is 23.7 Å². The SMILES string of the molecule is CCc1ccc(C=NNc2nc(C)cs2)cc1. The minimum Gasteiger partial charge on any atom is -0.253 e. The maximum atomic E-state index is 4.26. The Labute approximate surface area is 105 Å². The summed E-state index contributed by atoms with van der Waals surface area (Å²) in [5.41, 5.74) is 6.36. The summed E-state index contributed by atoms with van der Waals surface area (Å²) in [6, 6.07) is 8.37. The molecule has 0 saturated carbocycles.